The van der Waals surface area contributed by atoms with Crippen LogP contribution in [0.2, 0.25) is 0 Å². The molecule has 1 spiro atoms. The minimum atomic E-state index is -4.43. The molecule has 0 saturated carbocycles. The van der Waals surface area contributed by atoms with Crippen molar-refractivity contribution >= 4 is 17.7 Å². The number of carbonyl (C=O) groups excluding carboxylic acids is 2. The lowest BCUT2D eigenvalue weighted by Crippen LogP contribution is -2.80. The number of esters is 1. The minimum absolute atomic E-state index is 0.0632. The summed E-state index contributed by atoms with van der Waals surface area (Å²) in [6.45, 7) is 6.96. The number of ether oxygens (including phenoxy) is 1. The van der Waals surface area contributed by atoms with Crippen LogP contribution < -0.4 is 4.90 Å². The van der Waals surface area contributed by atoms with Gasteiger partial charge in [-0.3, -0.25) is 4.79 Å². The van der Waals surface area contributed by atoms with Crippen LogP contribution in [0.25, 0.3) is 0 Å². The Bertz CT molecular complexity index is 1000. The van der Waals surface area contributed by atoms with Crippen molar-refractivity contribution in [2.45, 2.75) is 50.6 Å². The summed E-state index contributed by atoms with van der Waals surface area (Å²) in [6.07, 6.45) is -2.08. The average molecular weight is 450 g/mol. The molecule has 0 radical (unpaired) electrons. The first-order chi connectivity index (χ1) is 15.1. The highest BCUT2D eigenvalue weighted by Crippen LogP contribution is 2.45. The van der Waals surface area contributed by atoms with E-state index in [2.05, 4.69) is 16.8 Å². The van der Waals surface area contributed by atoms with Crippen molar-refractivity contribution in [1.82, 2.24) is 14.8 Å². The summed E-state index contributed by atoms with van der Waals surface area (Å²) in [5, 5.41) is 0. The van der Waals surface area contributed by atoms with Gasteiger partial charge in [-0.15, -0.1) is 0 Å². The SMILES string of the molecule is CCN1CCC2(CC1)OC(=O)C(C)=C2C(=O)N1C[C@@H]2C1CN2c1cc(C(F)(F)F)ccn1. The number of hydrogen-bond acceptors (Lipinski definition) is 6. The Morgan fingerprint density at radius 2 is 1.97 bits per heavy atom. The number of amides is 1. The predicted molar refractivity (Wildman–Crippen MR) is 109 cm³/mol. The number of aromatic nitrogens is 1. The number of nitrogens with zero attached hydrogens (tertiary/aromatic N) is 4. The summed E-state index contributed by atoms with van der Waals surface area (Å²) in [7, 11) is 0. The van der Waals surface area contributed by atoms with Gasteiger partial charge in [-0.05, 0) is 25.6 Å². The van der Waals surface area contributed by atoms with Crippen LogP contribution in [0.15, 0.2) is 29.5 Å². The maximum atomic E-state index is 13.5. The molecule has 5 heterocycles. The zero-order valence-corrected chi connectivity index (χ0v) is 18.0. The molecule has 0 N–H and O–H groups in total. The van der Waals surface area contributed by atoms with Gasteiger partial charge in [-0.2, -0.15) is 13.2 Å². The van der Waals surface area contributed by atoms with Crippen molar-refractivity contribution in [2.75, 3.05) is 37.6 Å². The van der Waals surface area contributed by atoms with Crippen LogP contribution >= 0.6 is 0 Å². The quantitative estimate of drug-likeness (QED) is 0.659. The lowest BCUT2D eigenvalue weighted by Gasteiger charge is -2.62. The van der Waals surface area contributed by atoms with Crippen molar-refractivity contribution in [1.29, 1.82) is 0 Å². The van der Waals surface area contributed by atoms with Crippen LogP contribution in [-0.4, -0.2) is 77.1 Å². The van der Waals surface area contributed by atoms with Crippen LogP contribution in [0.3, 0.4) is 0 Å². The number of alkyl halides is 3. The molecule has 0 aliphatic carbocycles. The average Bonchev–Trinajstić information content (AvgIpc) is 2.98. The molecule has 172 valence electrons. The molecular weight excluding hydrogens is 425 g/mol. The Labute approximate surface area is 183 Å². The van der Waals surface area contributed by atoms with Crippen LogP contribution in [0, 0.1) is 0 Å². The molecule has 0 aromatic carbocycles. The molecule has 32 heavy (non-hydrogen) atoms. The molecule has 1 aromatic heterocycles. The van der Waals surface area contributed by atoms with Crippen molar-refractivity contribution in [3.63, 3.8) is 0 Å². The van der Waals surface area contributed by atoms with E-state index in [1.54, 1.807) is 16.7 Å². The number of rotatable bonds is 3. The van der Waals surface area contributed by atoms with Crippen LogP contribution in [0.5, 0.6) is 0 Å². The molecule has 5 rings (SSSR count). The van der Waals surface area contributed by atoms with Gasteiger partial charge in [0.05, 0.1) is 23.2 Å². The van der Waals surface area contributed by atoms with Gasteiger partial charge in [-0.1, -0.05) is 6.92 Å². The van der Waals surface area contributed by atoms with Gasteiger partial charge in [0.1, 0.15) is 11.4 Å². The fourth-order valence-corrected chi connectivity index (χ4v) is 5.33. The van der Waals surface area contributed by atoms with Gasteiger partial charge in [0.25, 0.3) is 5.91 Å². The molecule has 1 aromatic rings. The fourth-order valence-electron chi connectivity index (χ4n) is 5.33. The topological polar surface area (TPSA) is 66.0 Å². The van der Waals surface area contributed by atoms with E-state index >= 15 is 0 Å². The van der Waals surface area contributed by atoms with Crippen molar-refractivity contribution in [2.24, 2.45) is 0 Å². The first-order valence-electron chi connectivity index (χ1n) is 10.9. The Balaban J connectivity index is 1.30. The van der Waals surface area contributed by atoms with Crippen molar-refractivity contribution < 1.29 is 27.5 Å². The van der Waals surface area contributed by atoms with E-state index in [-0.39, 0.29) is 23.8 Å². The van der Waals surface area contributed by atoms with Crippen molar-refractivity contribution in [3.8, 4) is 0 Å². The minimum Gasteiger partial charge on any atom is -0.450 e. The molecule has 1 amide bonds. The van der Waals surface area contributed by atoms with E-state index in [1.165, 1.54) is 0 Å². The molecule has 10 heteroatoms. The molecule has 2 atom stereocenters. The first-order valence-corrected chi connectivity index (χ1v) is 10.9. The van der Waals surface area contributed by atoms with Crippen molar-refractivity contribution in [3.05, 3.63) is 35.0 Å². The molecule has 4 aliphatic heterocycles. The smallest absolute Gasteiger partial charge is 0.416 e. The second-order valence-corrected chi connectivity index (χ2v) is 8.96. The first kappa shape index (κ1) is 21.2. The van der Waals surface area contributed by atoms with Gasteiger partial charge in [0.15, 0.2) is 0 Å². The summed E-state index contributed by atoms with van der Waals surface area (Å²) in [5.74, 6) is -0.346. The molecule has 1 unspecified atom stereocenters. The van der Waals surface area contributed by atoms with E-state index in [4.69, 9.17) is 4.74 Å². The summed E-state index contributed by atoms with van der Waals surface area (Å²) in [6, 6.07) is 1.84. The van der Waals surface area contributed by atoms with Gasteiger partial charge in [0, 0.05) is 50.8 Å². The normalized spacial score (nSPS) is 27.2. The van der Waals surface area contributed by atoms with Gasteiger partial charge < -0.3 is 19.4 Å². The highest BCUT2D eigenvalue weighted by Gasteiger charge is 2.58. The summed E-state index contributed by atoms with van der Waals surface area (Å²) in [5.41, 5.74) is -0.756. The highest BCUT2D eigenvalue weighted by atomic mass is 19.4. The van der Waals surface area contributed by atoms with Gasteiger partial charge >= 0.3 is 12.1 Å². The third-order valence-corrected chi connectivity index (χ3v) is 7.39. The molecular formula is C22H25F3N4O3. The molecule has 4 aliphatic rings. The number of piperazine rings is 1. The summed E-state index contributed by atoms with van der Waals surface area (Å²) >= 11 is 0. The van der Waals surface area contributed by atoms with Gasteiger partial charge in [-0.25, -0.2) is 9.78 Å². The number of hydrogen-bond donors (Lipinski definition) is 0. The standard InChI is InChI=1S/C22H25F3N4O3/c1-3-27-8-5-21(6-9-27)18(13(2)20(31)32-21)19(30)29-12-15-16(29)11-28(15)17-10-14(4-7-26-17)22(23,24)25/h4,7,10,15-16H,3,5-6,8-9,11-12H2,1-2H3/t15-,16?/m1/s1. The zero-order chi connectivity index (χ0) is 22.8. The predicted octanol–water partition coefficient (Wildman–Crippen LogP) is 2.23. The second kappa shape index (κ2) is 7.19. The van der Waals surface area contributed by atoms with E-state index in [9.17, 15) is 22.8 Å². The highest BCUT2D eigenvalue weighted by molar-refractivity contribution is 6.07. The maximum Gasteiger partial charge on any atom is 0.416 e. The van der Waals surface area contributed by atoms with Crippen LogP contribution in [-0.2, 0) is 20.5 Å². The largest absolute Gasteiger partial charge is 0.450 e. The fraction of sp³-hybridized carbons (Fsp3) is 0.591. The Morgan fingerprint density at radius 3 is 2.56 bits per heavy atom. The number of piperidine rings is 1. The molecule has 3 saturated heterocycles. The Hall–Kier alpha value is -2.62. The maximum absolute atomic E-state index is 13.5. The molecule has 7 nitrogen and oxygen atoms in total. The number of likely N-dealkylation sites (tertiary alicyclic amines) is 2. The van der Waals surface area contributed by atoms with Crippen LogP contribution in [0.1, 0.15) is 32.3 Å². The molecule has 0 bridgehead atoms. The third-order valence-electron chi connectivity index (χ3n) is 7.39. The number of carbonyl (C=O) groups is 2. The number of fused-ring (bicyclic) bond motifs is 1. The van der Waals surface area contributed by atoms with E-state index in [0.29, 0.717) is 37.1 Å². The Morgan fingerprint density at radius 1 is 1.25 bits per heavy atom. The van der Waals surface area contributed by atoms with Gasteiger partial charge in [0.2, 0.25) is 0 Å². The van der Waals surface area contributed by atoms with Crippen LogP contribution in [0.4, 0.5) is 19.0 Å². The number of anilines is 1. The third kappa shape index (κ3) is 3.10. The summed E-state index contributed by atoms with van der Waals surface area (Å²) in [4.78, 5) is 35.7. The monoisotopic (exact) mass is 450 g/mol. The number of halogens is 3. The summed E-state index contributed by atoms with van der Waals surface area (Å²) < 4.78 is 44.8. The number of pyridine rings is 1. The second-order valence-electron chi connectivity index (χ2n) is 8.96. The Kier molecular flexibility index (Phi) is 4.77. The lowest BCUT2D eigenvalue weighted by molar-refractivity contribution is -0.153. The van der Waals surface area contributed by atoms with E-state index < -0.39 is 23.3 Å². The van der Waals surface area contributed by atoms with E-state index in [1.807, 2.05) is 0 Å². The molecule has 3 fully saturated rings. The lowest BCUT2D eigenvalue weighted by atomic mass is 9.79. The zero-order valence-electron chi connectivity index (χ0n) is 18.0. The van der Waals surface area contributed by atoms with E-state index in [0.717, 1.165) is 38.0 Å².